The summed E-state index contributed by atoms with van der Waals surface area (Å²) in [5.41, 5.74) is 6.33. The Morgan fingerprint density at radius 2 is 1.61 bits per heavy atom. The van der Waals surface area contributed by atoms with Gasteiger partial charge in [-0.05, 0) is 35.7 Å². The lowest BCUT2D eigenvalue weighted by molar-refractivity contribution is 0.577. The van der Waals surface area contributed by atoms with Crippen LogP contribution in [0.25, 0.3) is 16.9 Å². The van der Waals surface area contributed by atoms with Crippen LogP contribution in [0, 0.1) is 5.41 Å². The van der Waals surface area contributed by atoms with Gasteiger partial charge in [-0.15, -0.1) is 0 Å². The molecule has 5 rings (SSSR count). The van der Waals surface area contributed by atoms with Crippen LogP contribution in [0.4, 0.5) is 5.69 Å². The first-order chi connectivity index (χ1) is 17.5. The van der Waals surface area contributed by atoms with Crippen molar-refractivity contribution in [2.75, 3.05) is 12.4 Å². The van der Waals surface area contributed by atoms with E-state index in [0.717, 1.165) is 27.9 Å². The number of nitrogens with zero attached hydrogens (tertiary/aromatic N) is 4. The summed E-state index contributed by atoms with van der Waals surface area (Å²) in [6.45, 7) is 3.34. The predicted octanol–water partition coefficient (Wildman–Crippen LogP) is 2.49. The molecule has 0 saturated heterocycles. The third-order valence-corrected chi connectivity index (χ3v) is 6.41. The lowest BCUT2D eigenvalue weighted by Gasteiger charge is -2.16. The lowest BCUT2D eigenvalue weighted by atomic mass is 10.0. The van der Waals surface area contributed by atoms with Crippen LogP contribution in [0.1, 0.15) is 12.5 Å². The zero-order chi connectivity index (χ0) is 25.1. The van der Waals surface area contributed by atoms with E-state index in [1.165, 1.54) is 11.1 Å². The van der Waals surface area contributed by atoms with E-state index in [-0.39, 0.29) is 6.04 Å². The fourth-order valence-electron chi connectivity index (χ4n) is 4.60. The van der Waals surface area contributed by atoms with Crippen molar-refractivity contribution in [1.29, 1.82) is 5.41 Å². The van der Waals surface area contributed by atoms with Crippen molar-refractivity contribution in [2.24, 2.45) is 17.0 Å². The number of para-hydroxylation sites is 1. The van der Waals surface area contributed by atoms with Gasteiger partial charge in [-0.1, -0.05) is 72.8 Å². The molecule has 3 aromatic carbocycles. The molecule has 7 heteroatoms. The van der Waals surface area contributed by atoms with Crippen molar-refractivity contribution in [2.45, 2.75) is 26.1 Å². The van der Waals surface area contributed by atoms with E-state index in [4.69, 9.17) is 10.4 Å². The van der Waals surface area contributed by atoms with Crippen LogP contribution in [0.15, 0.2) is 94.9 Å². The highest BCUT2D eigenvalue weighted by molar-refractivity contribution is 5.64. The Morgan fingerprint density at radius 3 is 2.28 bits per heavy atom. The smallest absolute Gasteiger partial charge is 0.208 e. The van der Waals surface area contributed by atoms with Crippen LogP contribution in [0.3, 0.4) is 0 Å². The van der Waals surface area contributed by atoms with E-state index in [1.54, 1.807) is 7.05 Å². The van der Waals surface area contributed by atoms with Gasteiger partial charge in [0.15, 0.2) is 0 Å². The third-order valence-electron chi connectivity index (χ3n) is 6.41. The van der Waals surface area contributed by atoms with Gasteiger partial charge < -0.3 is 10.6 Å². The first-order valence-corrected chi connectivity index (χ1v) is 12.1. The van der Waals surface area contributed by atoms with Gasteiger partial charge in [0.2, 0.25) is 5.62 Å². The summed E-state index contributed by atoms with van der Waals surface area (Å²) < 4.78 is 3.93. The molecular weight excluding hydrogens is 446 g/mol. The predicted molar refractivity (Wildman–Crippen MR) is 143 cm³/mol. The highest BCUT2D eigenvalue weighted by Gasteiger charge is 2.17. The van der Waals surface area contributed by atoms with Gasteiger partial charge in [-0.2, -0.15) is 0 Å². The molecule has 0 saturated carbocycles. The van der Waals surface area contributed by atoms with E-state index in [2.05, 4.69) is 71.1 Å². The molecule has 0 unspecified atom stereocenters. The third kappa shape index (κ3) is 4.60. The summed E-state index contributed by atoms with van der Waals surface area (Å²) in [5.74, 6) is 0.740. The van der Waals surface area contributed by atoms with Crippen LogP contribution in [-0.2, 0) is 20.1 Å². The van der Waals surface area contributed by atoms with E-state index < -0.39 is 0 Å². The Labute approximate surface area is 210 Å². The lowest BCUT2D eigenvalue weighted by Crippen LogP contribution is -2.59. The average Bonchev–Trinajstić information content (AvgIpc) is 3.32. The second-order valence-corrected chi connectivity index (χ2v) is 9.00. The normalized spacial score (nSPS) is 15.8. The van der Waals surface area contributed by atoms with Crippen molar-refractivity contribution >= 4 is 11.5 Å². The van der Waals surface area contributed by atoms with Crippen LogP contribution >= 0.6 is 0 Å². The fourth-order valence-corrected chi connectivity index (χ4v) is 4.60. The van der Waals surface area contributed by atoms with Gasteiger partial charge in [0.25, 0.3) is 0 Å². The number of fused-ring (bicyclic) bond motifs is 1. The van der Waals surface area contributed by atoms with Gasteiger partial charge >= 0.3 is 0 Å². The highest BCUT2D eigenvalue weighted by atomic mass is 15.2. The first kappa shape index (κ1) is 23.4. The number of nitrogens with one attached hydrogen (secondary N) is 3. The Hall–Kier alpha value is -4.39. The summed E-state index contributed by atoms with van der Waals surface area (Å²) in [5, 5.41) is 16.9. The number of aromatic nitrogens is 2. The largest absolute Gasteiger partial charge is 0.367 e. The Bertz CT molecular complexity index is 1610. The van der Waals surface area contributed by atoms with Gasteiger partial charge in [0.1, 0.15) is 16.8 Å². The van der Waals surface area contributed by atoms with Gasteiger partial charge in [0.05, 0.1) is 11.3 Å². The van der Waals surface area contributed by atoms with Gasteiger partial charge in [-0.25, -0.2) is 4.99 Å². The van der Waals surface area contributed by atoms with Crippen molar-refractivity contribution in [3.8, 4) is 11.1 Å². The molecular formula is C29H31N7. The molecule has 3 N–H and O–H groups in total. The molecule has 1 atom stereocenters. The molecule has 0 aliphatic carbocycles. The Morgan fingerprint density at radius 1 is 0.972 bits per heavy atom. The maximum atomic E-state index is 9.09. The number of rotatable bonds is 6. The number of benzene rings is 3. The first-order valence-electron chi connectivity index (χ1n) is 12.1. The van der Waals surface area contributed by atoms with Gasteiger partial charge in [-0.3, -0.25) is 19.5 Å². The van der Waals surface area contributed by atoms with Crippen LogP contribution < -0.4 is 32.4 Å². The molecule has 2 heterocycles. The molecule has 0 spiro atoms. The van der Waals surface area contributed by atoms with E-state index >= 15 is 0 Å². The maximum Gasteiger partial charge on any atom is 0.208 e. The van der Waals surface area contributed by atoms with Crippen LogP contribution in [-0.4, -0.2) is 22.2 Å². The molecule has 0 amide bonds. The summed E-state index contributed by atoms with van der Waals surface area (Å²) >= 11 is 0. The summed E-state index contributed by atoms with van der Waals surface area (Å²) in [6.07, 6.45) is 0. The second kappa shape index (κ2) is 10.1. The molecule has 1 aliphatic rings. The van der Waals surface area contributed by atoms with Crippen molar-refractivity contribution in [1.82, 2.24) is 14.5 Å². The zero-order valence-electron chi connectivity index (χ0n) is 20.9. The second-order valence-electron chi connectivity index (χ2n) is 9.00. The van der Waals surface area contributed by atoms with Crippen molar-refractivity contribution < 1.29 is 0 Å². The maximum absolute atomic E-state index is 9.09. The molecule has 0 bridgehead atoms. The van der Waals surface area contributed by atoms with Crippen molar-refractivity contribution in [3.05, 3.63) is 112 Å². The van der Waals surface area contributed by atoms with E-state index in [1.807, 2.05) is 52.6 Å². The number of anilines is 1. The molecule has 36 heavy (non-hydrogen) atoms. The molecule has 1 aromatic heterocycles. The van der Waals surface area contributed by atoms with Crippen molar-refractivity contribution in [3.63, 3.8) is 0 Å². The Kier molecular flexibility index (Phi) is 6.54. The number of hydrogen-bond acceptors (Lipinski definition) is 5. The monoisotopic (exact) mass is 477 g/mol. The molecule has 0 radical (unpaired) electrons. The molecule has 7 nitrogen and oxygen atoms in total. The van der Waals surface area contributed by atoms with Gasteiger partial charge in [0, 0.05) is 32.9 Å². The standard InChI is InChI=1S/C29H31N7/c1-20-19-36-26(30)25(28(31-2)35(3)29(36)33-20)27(34-24-12-8-5-9-13-24)32-18-21-14-16-23(17-15-21)22-10-6-4-7-11-22/h4-17,20,30,32,34H,18-19H2,1-3H3/b27-25-,30-26?,31-28?/t20-/m1/s1. The molecule has 0 fully saturated rings. The summed E-state index contributed by atoms with van der Waals surface area (Å²) in [7, 11) is 3.72. The topological polar surface area (TPSA) is 82.5 Å². The Balaban J connectivity index is 1.57. The number of hydrogen-bond donors (Lipinski definition) is 3. The zero-order valence-corrected chi connectivity index (χ0v) is 20.9. The van der Waals surface area contributed by atoms with Crippen LogP contribution in [0.5, 0.6) is 0 Å². The SMILES string of the molecule is CN=c1/c(=C(/NCc2ccc(-c3ccccc3)cc2)Nc2ccccc2)c(=N)n2c(n1C)=N[C@H](C)C2. The minimum absolute atomic E-state index is 0.127. The molecule has 182 valence electrons. The van der Waals surface area contributed by atoms with E-state index in [0.29, 0.717) is 24.1 Å². The summed E-state index contributed by atoms with van der Waals surface area (Å²) in [6, 6.07) is 29.1. The van der Waals surface area contributed by atoms with Crippen LogP contribution in [0.2, 0.25) is 0 Å². The van der Waals surface area contributed by atoms with E-state index in [9.17, 15) is 0 Å². The minimum atomic E-state index is 0.127. The fraction of sp³-hybridized carbons (Fsp3) is 0.207. The summed E-state index contributed by atoms with van der Waals surface area (Å²) in [4.78, 5) is 9.29. The molecule has 1 aliphatic heterocycles. The quantitative estimate of drug-likeness (QED) is 0.399. The minimum Gasteiger partial charge on any atom is -0.367 e. The highest BCUT2D eigenvalue weighted by Crippen LogP contribution is 2.19. The molecule has 4 aromatic rings. The average molecular weight is 478 g/mol.